The van der Waals surface area contributed by atoms with Crippen molar-refractivity contribution in [1.82, 2.24) is 20.3 Å². The smallest absolute Gasteiger partial charge is 0.235 e. The zero-order chi connectivity index (χ0) is 23.4. The number of aromatic nitrogens is 3. The van der Waals surface area contributed by atoms with E-state index < -0.39 is 5.41 Å². The van der Waals surface area contributed by atoms with E-state index >= 15 is 0 Å². The number of fused-ring (bicyclic) bond motifs is 4. The summed E-state index contributed by atoms with van der Waals surface area (Å²) in [7, 11) is 0. The lowest BCUT2D eigenvalue weighted by Gasteiger charge is -2.32. The van der Waals surface area contributed by atoms with Crippen LogP contribution in [0.5, 0.6) is 0 Å². The van der Waals surface area contributed by atoms with Crippen LogP contribution in [0.4, 0.5) is 11.4 Å². The lowest BCUT2D eigenvalue weighted by molar-refractivity contribution is -0.121. The molecule has 8 heteroatoms. The van der Waals surface area contributed by atoms with Crippen LogP contribution < -0.4 is 10.6 Å². The van der Waals surface area contributed by atoms with Crippen LogP contribution in [0.15, 0.2) is 71.2 Å². The van der Waals surface area contributed by atoms with Gasteiger partial charge in [-0.25, -0.2) is 9.97 Å². The number of nitrogens with zero attached hydrogens (tertiary/aromatic N) is 5. The van der Waals surface area contributed by atoms with Crippen LogP contribution in [-0.2, 0) is 16.6 Å². The van der Waals surface area contributed by atoms with Crippen LogP contribution in [-0.4, -0.2) is 33.9 Å². The molecule has 1 spiro atoms. The van der Waals surface area contributed by atoms with E-state index in [9.17, 15) is 4.79 Å². The van der Waals surface area contributed by atoms with E-state index in [1.54, 1.807) is 12.4 Å². The van der Waals surface area contributed by atoms with E-state index in [0.29, 0.717) is 17.9 Å². The number of carbonyl (C=O) groups excluding carboxylic acids is 1. The molecule has 1 unspecified atom stereocenters. The summed E-state index contributed by atoms with van der Waals surface area (Å²) in [6.45, 7) is 1.67. The maximum absolute atomic E-state index is 12.9. The van der Waals surface area contributed by atoms with E-state index in [0.717, 1.165) is 64.9 Å². The van der Waals surface area contributed by atoms with E-state index in [1.165, 1.54) is 0 Å². The topological polar surface area (TPSA) is 105 Å². The molecule has 0 radical (unpaired) electrons. The lowest BCUT2D eigenvalue weighted by atomic mass is 9.74. The molecule has 7 rings (SSSR count). The van der Waals surface area contributed by atoms with Gasteiger partial charge in [0.15, 0.2) is 5.82 Å². The Kier molecular flexibility index (Phi) is 4.50. The number of hydrogen-bond donors (Lipinski definition) is 2. The molecule has 1 amide bonds. The molecule has 8 nitrogen and oxygen atoms in total. The zero-order valence-corrected chi connectivity index (χ0v) is 19.0. The van der Waals surface area contributed by atoms with Crippen LogP contribution in [0.25, 0.3) is 22.3 Å². The van der Waals surface area contributed by atoms with Gasteiger partial charge in [0, 0.05) is 29.3 Å². The highest BCUT2D eigenvalue weighted by atomic mass is 16.2. The molecule has 0 bridgehead atoms. The number of benzene rings is 2. The highest BCUT2D eigenvalue weighted by molar-refractivity contribution is 6.06. The van der Waals surface area contributed by atoms with Crippen LogP contribution in [0.1, 0.15) is 35.7 Å². The molecule has 172 valence electrons. The fourth-order valence-electron chi connectivity index (χ4n) is 5.55. The molecule has 0 saturated carbocycles. The van der Waals surface area contributed by atoms with Crippen LogP contribution in [0, 0.1) is 0 Å². The molecule has 2 N–H and O–H groups in total. The average Bonchev–Trinajstić information content (AvgIpc) is 3.42. The molecule has 5 heterocycles. The van der Waals surface area contributed by atoms with E-state index in [1.807, 2.05) is 24.3 Å². The summed E-state index contributed by atoms with van der Waals surface area (Å²) >= 11 is 0. The minimum absolute atomic E-state index is 0.101. The summed E-state index contributed by atoms with van der Waals surface area (Å²) in [6.07, 6.45) is 5.85. The van der Waals surface area contributed by atoms with Gasteiger partial charge in [-0.3, -0.25) is 9.78 Å². The first-order valence-corrected chi connectivity index (χ1v) is 12.0. The SMILES string of the molecule is O=C1Nc2ccc(-c3ncc4c(n3)C(Cc3ccc5ncccc5c3)N=N4)cc2C12CCNCC2. The summed E-state index contributed by atoms with van der Waals surface area (Å²) in [5, 5.41) is 16.4. The number of carbonyl (C=O) groups is 1. The maximum Gasteiger partial charge on any atom is 0.235 e. The molecular weight excluding hydrogens is 438 g/mol. The number of azo groups is 1. The van der Waals surface area contributed by atoms with Gasteiger partial charge in [-0.2, -0.15) is 10.2 Å². The standard InChI is InChI=1S/C27H23N7O/c35-26-27(7-10-28-11-8-27)19-14-18(4-6-21(19)31-26)25-30-15-23-24(32-25)22(33-34-23)13-16-3-5-20-17(12-16)2-1-9-29-20/h1-6,9,12,14-15,22,28H,7-8,10-11,13H2,(H,31,35). The molecule has 1 fully saturated rings. The average molecular weight is 462 g/mol. The van der Waals surface area contributed by atoms with E-state index in [4.69, 9.17) is 4.98 Å². The normalized spacial score (nSPS) is 19.7. The molecule has 1 saturated heterocycles. The highest BCUT2D eigenvalue weighted by Gasteiger charge is 2.47. The lowest BCUT2D eigenvalue weighted by Crippen LogP contribution is -2.44. The van der Waals surface area contributed by atoms with E-state index in [2.05, 4.69) is 55.1 Å². The summed E-state index contributed by atoms with van der Waals surface area (Å²) in [5.41, 5.74) is 6.09. The van der Waals surface area contributed by atoms with Gasteiger partial charge in [-0.15, -0.1) is 0 Å². The highest BCUT2D eigenvalue weighted by Crippen LogP contribution is 2.45. The monoisotopic (exact) mass is 461 g/mol. The maximum atomic E-state index is 12.9. The third-order valence-electron chi connectivity index (χ3n) is 7.45. The van der Waals surface area contributed by atoms with Crippen molar-refractivity contribution < 1.29 is 4.79 Å². The number of nitrogens with one attached hydrogen (secondary N) is 2. The number of rotatable bonds is 3. The Balaban J connectivity index is 1.22. The quantitative estimate of drug-likeness (QED) is 0.462. The first-order chi connectivity index (χ1) is 17.2. The minimum Gasteiger partial charge on any atom is -0.325 e. The van der Waals surface area contributed by atoms with Crippen LogP contribution >= 0.6 is 0 Å². The number of anilines is 1. The molecule has 3 aliphatic heterocycles. The van der Waals surface area contributed by atoms with Gasteiger partial charge >= 0.3 is 0 Å². The second kappa shape index (κ2) is 7.74. The van der Waals surface area contributed by atoms with Crippen molar-refractivity contribution in [2.75, 3.05) is 18.4 Å². The number of pyridine rings is 1. The molecule has 35 heavy (non-hydrogen) atoms. The Morgan fingerprint density at radius 1 is 1.03 bits per heavy atom. The third kappa shape index (κ3) is 3.24. The van der Waals surface area contributed by atoms with Crippen molar-refractivity contribution in [1.29, 1.82) is 0 Å². The Bertz CT molecular complexity index is 1520. The zero-order valence-electron chi connectivity index (χ0n) is 19.0. The summed E-state index contributed by atoms with van der Waals surface area (Å²) < 4.78 is 0. The third-order valence-corrected chi connectivity index (χ3v) is 7.45. The minimum atomic E-state index is -0.467. The van der Waals surface area contributed by atoms with Crippen molar-refractivity contribution in [2.45, 2.75) is 30.7 Å². The summed E-state index contributed by atoms with van der Waals surface area (Å²) in [5.74, 6) is 0.735. The van der Waals surface area contributed by atoms with Gasteiger partial charge in [0.1, 0.15) is 11.7 Å². The second-order valence-electron chi connectivity index (χ2n) is 9.48. The number of piperidine rings is 1. The van der Waals surface area contributed by atoms with Gasteiger partial charge in [0.05, 0.1) is 22.8 Å². The second-order valence-corrected chi connectivity index (χ2v) is 9.48. The van der Waals surface area contributed by atoms with Gasteiger partial charge < -0.3 is 10.6 Å². The van der Waals surface area contributed by atoms with Gasteiger partial charge in [-0.05, 0) is 73.5 Å². The fraction of sp³-hybridized carbons (Fsp3) is 0.259. The summed E-state index contributed by atoms with van der Waals surface area (Å²) in [6, 6.07) is 16.2. The van der Waals surface area contributed by atoms with Crippen molar-refractivity contribution in [3.63, 3.8) is 0 Å². The molecule has 0 aliphatic carbocycles. The Labute approximate surface area is 201 Å². The fourth-order valence-corrected chi connectivity index (χ4v) is 5.55. The molecule has 2 aromatic heterocycles. The van der Waals surface area contributed by atoms with Gasteiger partial charge in [-0.1, -0.05) is 12.1 Å². The predicted octanol–water partition coefficient (Wildman–Crippen LogP) is 4.65. The Hall–Kier alpha value is -4.04. The largest absolute Gasteiger partial charge is 0.325 e. The Morgan fingerprint density at radius 3 is 2.86 bits per heavy atom. The first kappa shape index (κ1) is 20.3. The van der Waals surface area contributed by atoms with Crippen molar-refractivity contribution in [2.24, 2.45) is 10.2 Å². The van der Waals surface area contributed by atoms with Crippen LogP contribution in [0.2, 0.25) is 0 Å². The molecular formula is C27H23N7O. The molecule has 2 aromatic carbocycles. The first-order valence-electron chi connectivity index (χ1n) is 12.0. The van der Waals surface area contributed by atoms with Crippen molar-refractivity contribution >= 4 is 28.2 Å². The predicted molar refractivity (Wildman–Crippen MR) is 133 cm³/mol. The van der Waals surface area contributed by atoms with Crippen LogP contribution in [0.3, 0.4) is 0 Å². The van der Waals surface area contributed by atoms with Crippen molar-refractivity contribution in [3.8, 4) is 11.4 Å². The molecule has 4 aromatic rings. The number of hydrogen-bond acceptors (Lipinski definition) is 7. The molecule has 3 aliphatic rings. The number of amides is 1. The molecule has 1 atom stereocenters. The Morgan fingerprint density at radius 2 is 1.94 bits per heavy atom. The van der Waals surface area contributed by atoms with Gasteiger partial charge in [0.25, 0.3) is 0 Å². The van der Waals surface area contributed by atoms with Gasteiger partial charge in [0.2, 0.25) is 5.91 Å². The van der Waals surface area contributed by atoms with Crippen molar-refractivity contribution in [3.05, 3.63) is 77.7 Å². The summed E-state index contributed by atoms with van der Waals surface area (Å²) in [4.78, 5) is 26.8. The van der Waals surface area contributed by atoms with E-state index in [-0.39, 0.29) is 11.9 Å².